The van der Waals surface area contributed by atoms with E-state index >= 15 is 0 Å². The fraction of sp³-hybridized carbons (Fsp3) is 0.433. The minimum Gasteiger partial charge on any atom is -0.383 e. The summed E-state index contributed by atoms with van der Waals surface area (Å²) in [7, 11) is 2.15. The van der Waals surface area contributed by atoms with E-state index in [1.807, 2.05) is 18.2 Å². The molecule has 0 bridgehead atoms. The van der Waals surface area contributed by atoms with Gasteiger partial charge in [0.25, 0.3) is 5.92 Å². The van der Waals surface area contributed by atoms with Crippen LogP contribution in [-0.2, 0) is 6.54 Å². The number of hydrogen-bond acceptors (Lipinski definition) is 6. The Bertz CT molecular complexity index is 1180. The van der Waals surface area contributed by atoms with Crippen LogP contribution in [0.25, 0.3) is 0 Å². The van der Waals surface area contributed by atoms with Crippen molar-refractivity contribution in [1.29, 1.82) is 0 Å². The van der Waals surface area contributed by atoms with Crippen molar-refractivity contribution in [2.75, 3.05) is 38.1 Å². The SMILES string of the molecule is C=C/C=C(\C=C)CNC(=C)C1CCCN1C.C=CCn1ncc(N2CC(F)(F)C2)n1.Fc1ncccc1C1CC1. The molecular weight excluding hydrogens is 515 g/mol. The summed E-state index contributed by atoms with van der Waals surface area (Å²) in [4.78, 5) is 8.83. The molecule has 2 aromatic rings. The predicted molar refractivity (Wildman–Crippen MR) is 155 cm³/mol. The summed E-state index contributed by atoms with van der Waals surface area (Å²) in [5.74, 6) is -1.89. The first kappa shape index (κ1) is 30.9. The normalized spacial score (nSPS) is 19.8. The molecule has 3 aliphatic rings. The number of allylic oxidation sites excluding steroid dienone is 3. The second-order valence-electron chi connectivity index (χ2n) is 10.1. The Kier molecular flexibility index (Phi) is 11.3. The molecule has 5 rings (SSSR count). The van der Waals surface area contributed by atoms with Crippen LogP contribution < -0.4 is 10.2 Å². The van der Waals surface area contributed by atoms with Crippen LogP contribution in [0.1, 0.15) is 37.2 Å². The molecule has 7 nitrogen and oxygen atoms in total. The molecule has 1 atom stereocenters. The molecule has 2 aromatic heterocycles. The monoisotopic (exact) mass is 555 g/mol. The molecule has 2 aliphatic heterocycles. The molecule has 10 heteroatoms. The van der Waals surface area contributed by atoms with Gasteiger partial charge < -0.3 is 10.2 Å². The maximum absolute atomic E-state index is 12.8. The van der Waals surface area contributed by atoms with Crippen molar-refractivity contribution in [1.82, 2.24) is 30.2 Å². The summed E-state index contributed by atoms with van der Waals surface area (Å²) in [6.45, 7) is 17.0. The van der Waals surface area contributed by atoms with E-state index in [0.717, 1.165) is 36.2 Å². The molecular formula is C30H40F3N7. The Morgan fingerprint density at radius 1 is 1.20 bits per heavy atom. The van der Waals surface area contributed by atoms with Crippen LogP contribution in [0, 0.1) is 5.95 Å². The lowest BCUT2D eigenvalue weighted by Crippen LogP contribution is -2.56. The first-order valence-electron chi connectivity index (χ1n) is 13.5. The highest BCUT2D eigenvalue weighted by molar-refractivity contribution is 5.39. The quantitative estimate of drug-likeness (QED) is 0.237. The largest absolute Gasteiger partial charge is 0.383 e. The van der Waals surface area contributed by atoms with Crippen LogP contribution in [0.15, 0.2) is 86.4 Å². The van der Waals surface area contributed by atoms with E-state index < -0.39 is 5.92 Å². The number of nitrogens with one attached hydrogen (secondary N) is 1. The third-order valence-corrected chi connectivity index (χ3v) is 6.83. The van der Waals surface area contributed by atoms with Crippen molar-refractivity contribution in [3.63, 3.8) is 0 Å². The molecule has 40 heavy (non-hydrogen) atoms. The Labute approximate surface area is 235 Å². The number of pyridine rings is 1. The van der Waals surface area contributed by atoms with Crippen LogP contribution in [0.3, 0.4) is 0 Å². The number of aromatic nitrogens is 4. The Morgan fingerprint density at radius 2 is 1.95 bits per heavy atom. The molecule has 1 unspecified atom stereocenters. The van der Waals surface area contributed by atoms with E-state index in [2.05, 4.69) is 58.8 Å². The topological polar surface area (TPSA) is 62.1 Å². The Balaban J connectivity index is 0.000000169. The lowest BCUT2D eigenvalue weighted by atomic mass is 10.1. The number of likely N-dealkylation sites (N-methyl/N-ethyl adjacent to an activating group) is 1. The van der Waals surface area contributed by atoms with Crippen molar-refractivity contribution in [3.8, 4) is 0 Å². The highest BCUT2D eigenvalue weighted by Gasteiger charge is 2.44. The first-order valence-corrected chi connectivity index (χ1v) is 13.5. The van der Waals surface area contributed by atoms with Crippen molar-refractivity contribution in [3.05, 3.63) is 97.9 Å². The van der Waals surface area contributed by atoms with Gasteiger partial charge in [0, 0.05) is 30.0 Å². The lowest BCUT2D eigenvalue weighted by molar-refractivity contribution is -0.0267. The zero-order valence-electron chi connectivity index (χ0n) is 23.3. The standard InChI is InChI=1S/C14H22N2.C8H10F2N4.C8H8FN/c1-5-8-13(6-2)11-15-12(3)14-9-7-10-16(14)4;1-2-3-14-11-4-7(12-14)13-5-8(9,10)6-13;9-8-7(6-3-4-6)2-1-5-10-8/h5-6,8,14-15H,1-3,7,9-11H2,4H3;2,4H,1,3,5-6H2;1-2,5-6H,3-4H2/b13-8+;;. The number of nitrogens with zero attached hydrogens (tertiary/aromatic N) is 6. The van der Waals surface area contributed by atoms with E-state index in [1.165, 1.54) is 41.5 Å². The summed E-state index contributed by atoms with van der Waals surface area (Å²) in [6, 6.07) is 4.09. The fourth-order valence-electron chi connectivity index (χ4n) is 4.44. The average molecular weight is 556 g/mol. The molecule has 1 saturated carbocycles. The van der Waals surface area contributed by atoms with Gasteiger partial charge in [-0.3, -0.25) is 4.90 Å². The van der Waals surface area contributed by atoms with Crippen LogP contribution >= 0.6 is 0 Å². The predicted octanol–water partition coefficient (Wildman–Crippen LogP) is 5.50. The van der Waals surface area contributed by atoms with Gasteiger partial charge >= 0.3 is 0 Å². The fourth-order valence-corrected chi connectivity index (χ4v) is 4.44. The molecule has 0 aromatic carbocycles. The smallest absolute Gasteiger partial charge is 0.282 e. The molecule has 2 saturated heterocycles. The zero-order chi connectivity index (χ0) is 29.1. The molecule has 4 heterocycles. The maximum Gasteiger partial charge on any atom is 0.282 e. The minimum absolute atomic E-state index is 0.264. The molecule has 0 radical (unpaired) electrons. The second-order valence-corrected chi connectivity index (χ2v) is 10.1. The van der Waals surface area contributed by atoms with Gasteiger partial charge in [-0.1, -0.05) is 50.1 Å². The van der Waals surface area contributed by atoms with E-state index in [4.69, 9.17) is 0 Å². The van der Waals surface area contributed by atoms with Crippen LogP contribution in [0.5, 0.6) is 0 Å². The van der Waals surface area contributed by atoms with Gasteiger partial charge in [0.1, 0.15) is 0 Å². The molecule has 1 aliphatic carbocycles. The highest BCUT2D eigenvalue weighted by atomic mass is 19.3. The van der Waals surface area contributed by atoms with Crippen LogP contribution in [0.4, 0.5) is 19.0 Å². The van der Waals surface area contributed by atoms with Crippen molar-refractivity contribution in [2.24, 2.45) is 0 Å². The van der Waals surface area contributed by atoms with Gasteiger partial charge in [-0.25, -0.2) is 13.8 Å². The maximum atomic E-state index is 12.8. The molecule has 216 valence electrons. The number of rotatable bonds is 10. The third kappa shape index (κ3) is 9.22. The van der Waals surface area contributed by atoms with E-state index in [9.17, 15) is 13.2 Å². The first-order chi connectivity index (χ1) is 19.2. The summed E-state index contributed by atoms with van der Waals surface area (Å²) >= 11 is 0. The summed E-state index contributed by atoms with van der Waals surface area (Å²) in [5, 5.41) is 11.3. The molecule has 0 amide bonds. The van der Waals surface area contributed by atoms with Gasteiger partial charge in [0.05, 0.1) is 25.8 Å². The Hall–Kier alpha value is -3.66. The van der Waals surface area contributed by atoms with E-state index in [-0.39, 0.29) is 19.0 Å². The van der Waals surface area contributed by atoms with Gasteiger partial charge in [-0.2, -0.15) is 14.3 Å². The van der Waals surface area contributed by atoms with Crippen LogP contribution in [-0.4, -0.2) is 70.1 Å². The average Bonchev–Trinajstić information content (AvgIpc) is 3.50. The molecule has 1 N–H and O–H groups in total. The zero-order valence-corrected chi connectivity index (χ0v) is 23.3. The van der Waals surface area contributed by atoms with Gasteiger partial charge in [0.2, 0.25) is 5.95 Å². The molecule has 0 spiro atoms. The number of alkyl halides is 2. The van der Waals surface area contributed by atoms with Gasteiger partial charge in [-0.15, -0.1) is 11.7 Å². The van der Waals surface area contributed by atoms with E-state index in [1.54, 1.807) is 18.2 Å². The Morgan fingerprint density at radius 3 is 2.50 bits per heavy atom. The van der Waals surface area contributed by atoms with Crippen molar-refractivity contribution < 1.29 is 13.2 Å². The summed E-state index contributed by atoms with van der Waals surface area (Å²) in [5.41, 5.74) is 3.04. The highest BCUT2D eigenvalue weighted by Crippen LogP contribution is 2.40. The van der Waals surface area contributed by atoms with Gasteiger partial charge in [0.15, 0.2) is 5.82 Å². The number of hydrogen-bond donors (Lipinski definition) is 1. The number of anilines is 1. The van der Waals surface area contributed by atoms with Gasteiger partial charge in [-0.05, 0) is 56.8 Å². The van der Waals surface area contributed by atoms with Crippen LogP contribution in [0.2, 0.25) is 0 Å². The van der Waals surface area contributed by atoms with E-state index in [0.29, 0.717) is 24.3 Å². The number of likely N-dealkylation sites (tertiary alicyclic amines) is 1. The second kappa shape index (κ2) is 14.6. The minimum atomic E-state index is -2.57. The van der Waals surface area contributed by atoms with Crippen molar-refractivity contribution >= 4 is 5.82 Å². The summed E-state index contributed by atoms with van der Waals surface area (Å²) in [6.07, 6.45) is 14.9. The third-order valence-electron chi connectivity index (χ3n) is 6.83. The lowest BCUT2D eigenvalue weighted by Gasteiger charge is -2.38. The molecule has 3 fully saturated rings. The summed E-state index contributed by atoms with van der Waals surface area (Å²) < 4.78 is 37.8. The number of halogens is 3. The van der Waals surface area contributed by atoms with Crippen molar-refractivity contribution in [2.45, 2.75) is 50.1 Å².